The van der Waals surface area contributed by atoms with Crippen LogP contribution in [0.4, 0.5) is 0 Å². The first-order chi connectivity index (χ1) is 8.15. The van der Waals surface area contributed by atoms with Crippen molar-refractivity contribution in [2.24, 2.45) is 0 Å². The number of furan rings is 1. The van der Waals surface area contributed by atoms with E-state index in [0.29, 0.717) is 6.54 Å². The number of nitrogens with zero attached hydrogens (tertiary/aromatic N) is 2. The third kappa shape index (κ3) is 1.61. The predicted molar refractivity (Wildman–Crippen MR) is 65.9 cm³/mol. The van der Waals surface area contributed by atoms with Crippen molar-refractivity contribution in [3.05, 3.63) is 30.2 Å². The van der Waals surface area contributed by atoms with Crippen molar-refractivity contribution in [2.45, 2.75) is 26.5 Å². The Morgan fingerprint density at radius 3 is 3.06 bits per heavy atom. The maximum absolute atomic E-state index is 9.48. The van der Waals surface area contributed by atoms with Crippen molar-refractivity contribution in [3.8, 4) is 0 Å². The fourth-order valence-electron chi connectivity index (χ4n) is 2.21. The summed E-state index contributed by atoms with van der Waals surface area (Å²) in [6.07, 6.45) is 1.40. The molecule has 17 heavy (non-hydrogen) atoms. The van der Waals surface area contributed by atoms with Gasteiger partial charge in [0.1, 0.15) is 11.3 Å². The van der Waals surface area contributed by atoms with Crippen LogP contribution in [0.3, 0.4) is 0 Å². The lowest BCUT2D eigenvalue weighted by atomic mass is 10.2. The highest BCUT2D eigenvalue weighted by atomic mass is 16.3. The van der Waals surface area contributed by atoms with Gasteiger partial charge in [-0.2, -0.15) is 5.10 Å². The number of rotatable bonds is 2. The van der Waals surface area contributed by atoms with Crippen LogP contribution in [0.25, 0.3) is 21.9 Å². The molecule has 0 saturated heterocycles. The van der Waals surface area contributed by atoms with Crippen LogP contribution in [0, 0.1) is 6.92 Å². The Hall–Kier alpha value is -1.81. The van der Waals surface area contributed by atoms with Gasteiger partial charge in [-0.05, 0) is 32.0 Å². The molecule has 4 heteroatoms. The van der Waals surface area contributed by atoms with E-state index in [1.807, 2.05) is 36.0 Å². The maximum Gasteiger partial charge on any atom is 0.136 e. The zero-order valence-corrected chi connectivity index (χ0v) is 9.84. The minimum atomic E-state index is -0.415. The van der Waals surface area contributed by atoms with Crippen molar-refractivity contribution < 1.29 is 9.52 Å². The largest absolute Gasteiger partial charge is 0.461 e. The highest BCUT2D eigenvalue weighted by Gasteiger charge is 2.11. The molecule has 0 aliphatic carbocycles. The molecule has 0 amide bonds. The fourth-order valence-corrected chi connectivity index (χ4v) is 2.21. The van der Waals surface area contributed by atoms with Crippen molar-refractivity contribution in [2.75, 3.05) is 0 Å². The Morgan fingerprint density at radius 2 is 2.29 bits per heavy atom. The van der Waals surface area contributed by atoms with Crippen LogP contribution in [0.15, 0.2) is 28.8 Å². The molecule has 2 aromatic heterocycles. The average molecular weight is 230 g/mol. The second-order valence-electron chi connectivity index (χ2n) is 4.45. The number of hydrogen-bond donors (Lipinski definition) is 1. The molecule has 0 spiro atoms. The van der Waals surface area contributed by atoms with Crippen LogP contribution < -0.4 is 0 Å². The highest BCUT2D eigenvalue weighted by molar-refractivity contribution is 6.03. The molecular formula is C13H14N2O2. The molecular weight excluding hydrogens is 216 g/mol. The first kappa shape index (κ1) is 10.4. The number of aliphatic hydroxyl groups is 1. The average Bonchev–Trinajstić information content (AvgIpc) is 2.79. The lowest BCUT2D eigenvalue weighted by molar-refractivity contribution is 0.170. The van der Waals surface area contributed by atoms with Gasteiger partial charge in [-0.15, -0.1) is 0 Å². The monoisotopic (exact) mass is 230 g/mol. The van der Waals surface area contributed by atoms with Gasteiger partial charge >= 0.3 is 0 Å². The van der Waals surface area contributed by atoms with Crippen LogP contribution >= 0.6 is 0 Å². The van der Waals surface area contributed by atoms with Crippen molar-refractivity contribution in [3.63, 3.8) is 0 Å². The molecule has 0 saturated carbocycles. The number of fused-ring (bicyclic) bond motifs is 3. The van der Waals surface area contributed by atoms with Gasteiger partial charge in [0, 0.05) is 10.8 Å². The van der Waals surface area contributed by atoms with E-state index in [-0.39, 0.29) is 0 Å². The number of aliphatic hydroxyl groups excluding tert-OH is 1. The van der Waals surface area contributed by atoms with Gasteiger partial charge in [-0.25, -0.2) is 0 Å². The third-order valence-electron chi connectivity index (χ3n) is 2.86. The first-order valence-electron chi connectivity index (χ1n) is 5.68. The minimum absolute atomic E-state index is 0.415. The van der Waals surface area contributed by atoms with Crippen LogP contribution in [0.1, 0.15) is 12.7 Å². The summed E-state index contributed by atoms with van der Waals surface area (Å²) in [5.41, 5.74) is 1.89. The van der Waals surface area contributed by atoms with Gasteiger partial charge in [0.05, 0.1) is 24.4 Å². The number of benzene rings is 1. The van der Waals surface area contributed by atoms with E-state index in [9.17, 15) is 5.11 Å². The summed E-state index contributed by atoms with van der Waals surface area (Å²) in [7, 11) is 0. The molecule has 0 aliphatic rings. The zero-order valence-electron chi connectivity index (χ0n) is 9.84. The highest BCUT2D eigenvalue weighted by Crippen LogP contribution is 2.27. The fraction of sp³-hybridized carbons (Fsp3) is 0.308. The number of aryl methyl sites for hydroxylation is 1. The van der Waals surface area contributed by atoms with Gasteiger partial charge in [0.15, 0.2) is 0 Å². The van der Waals surface area contributed by atoms with Crippen molar-refractivity contribution >= 4 is 21.9 Å². The van der Waals surface area contributed by atoms with E-state index in [4.69, 9.17) is 4.42 Å². The molecule has 0 fully saturated rings. The Bertz CT molecular complexity index is 679. The molecule has 1 N–H and O–H groups in total. The topological polar surface area (TPSA) is 51.2 Å². The molecule has 0 bridgehead atoms. The van der Waals surface area contributed by atoms with Gasteiger partial charge in [0.25, 0.3) is 0 Å². The molecule has 1 aromatic carbocycles. The van der Waals surface area contributed by atoms with E-state index in [0.717, 1.165) is 27.6 Å². The lowest BCUT2D eigenvalue weighted by Gasteiger charge is -2.06. The van der Waals surface area contributed by atoms with Crippen molar-refractivity contribution in [1.82, 2.24) is 9.78 Å². The molecule has 3 rings (SSSR count). The molecule has 0 unspecified atom stereocenters. The molecule has 88 valence electrons. The summed E-state index contributed by atoms with van der Waals surface area (Å²) in [5.74, 6) is 0.886. The molecule has 2 heterocycles. The Labute approximate surface area is 98.5 Å². The molecule has 4 nitrogen and oxygen atoms in total. The van der Waals surface area contributed by atoms with Gasteiger partial charge < -0.3 is 9.52 Å². The summed E-state index contributed by atoms with van der Waals surface area (Å²) in [6, 6.07) is 5.96. The summed E-state index contributed by atoms with van der Waals surface area (Å²) >= 11 is 0. The SMILES string of the molecule is Cc1cc2c(ccc3cnn(C[C@@H](C)O)c32)o1. The van der Waals surface area contributed by atoms with Crippen LogP contribution in [-0.2, 0) is 6.54 Å². The second-order valence-corrected chi connectivity index (χ2v) is 4.45. The van der Waals surface area contributed by atoms with Gasteiger partial charge in [-0.3, -0.25) is 4.68 Å². The Kier molecular flexibility index (Phi) is 2.19. The van der Waals surface area contributed by atoms with Crippen molar-refractivity contribution in [1.29, 1.82) is 0 Å². The summed E-state index contributed by atoms with van der Waals surface area (Å²) in [5, 5.41) is 15.9. The molecule has 3 aromatic rings. The van der Waals surface area contributed by atoms with Gasteiger partial charge in [-0.1, -0.05) is 0 Å². The summed E-state index contributed by atoms with van der Waals surface area (Å²) in [6.45, 7) is 4.18. The number of hydrogen-bond acceptors (Lipinski definition) is 3. The molecule has 1 atom stereocenters. The smallest absolute Gasteiger partial charge is 0.136 e. The molecule has 0 aliphatic heterocycles. The Morgan fingerprint density at radius 1 is 1.47 bits per heavy atom. The number of aromatic nitrogens is 2. The van der Waals surface area contributed by atoms with Crippen LogP contribution in [0.2, 0.25) is 0 Å². The summed E-state index contributed by atoms with van der Waals surface area (Å²) < 4.78 is 7.43. The normalized spacial score (nSPS) is 13.6. The van der Waals surface area contributed by atoms with E-state index >= 15 is 0 Å². The quantitative estimate of drug-likeness (QED) is 0.735. The predicted octanol–water partition coefficient (Wildman–Crippen LogP) is 2.47. The first-order valence-corrected chi connectivity index (χ1v) is 5.68. The summed E-state index contributed by atoms with van der Waals surface area (Å²) in [4.78, 5) is 0. The van der Waals surface area contributed by atoms with E-state index < -0.39 is 6.10 Å². The second kappa shape index (κ2) is 3.60. The minimum Gasteiger partial charge on any atom is -0.461 e. The van der Waals surface area contributed by atoms with E-state index in [1.54, 1.807) is 6.92 Å². The third-order valence-corrected chi connectivity index (χ3v) is 2.86. The Balaban J connectivity index is 2.33. The van der Waals surface area contributed by atoms with Gasteiger partial charge in [0.2, 0.25) is 0 Å². The maximum atomic E-state index is 9.48. The molecule has 0 radical (unpaired) electrons. The lowest BCUT2D eigenvalue weighted by Crippen LogP contribution is -2.12. The zero-order chi connectivity index (χ0) is 12.0. The van der Waals surface area contributed by atoms with E-state index in [1.165, 1.54) is 0 Å². The standard InChI is InChI=1S/C13H14N2O2/c1-8(16)7-15-13-10(6-14-15)3-4-12-11(13)5-9(2)17-12/h3-6,8,16H,7H2,1-2H3/t8-/m1/s1. The van der Waals surface area contributed by atoms with Crippen LogP contribution in [-0.4, -0.2) is 21.0 Å². The van der Waals surface area contributed by atoms with Crippen LogP contribution in [0.5, 0.6) is 0 Å². The van der Waals surface area contributed by atoms with E-state index in [2.05, 4.69) is 5.10 Å².